The fraction of sp³-hybridized carbons (Fsp3) is 0.115. The lowest BCUT2D eigenvalue weighted by molar-refractivity contribution is -0.138. The average Bonchev–Trinajstić information content (AvgIpc) is 2.81. The minimum Gasteiger partial charge on any atom is -0.462 e. The lowest BCUT2D eigenvalue weighted by Gasteiger charge is -2.14. The summed E-state index contributed by atoms with van der Waals surface area (Å²) in [6.45, 7) is 3.84. The summed E-state index contributed by atoms with van der Waals surface area (Å²) >= 11 is 0. The number of hydrogen-bond donors (Lipinski definition) is 2. The number of aryl methyl sites for hydroxylation is 1. The highest BCUT2D eigenvalue weighted by Crippen LogP contribution is 2.18. The van der Waals surface area contributed by atoms with Gasteiger partial charge in [0.05, 0.1) is 6.61 Å². The van der Waals surface area contributed by atoms with Crippen molar-refractivity contribution in [1.29, 1.82) is 5.26 Å². The van der Waals surface area contributed by atoms with Crippen molar-refractivity contribution in [3.8, 4) is 6.07 Å². The van der Waals surface area contributed by atoms with Crippen LogP contribution in [0.4, 0.5) is 11.4 Å². The van der Waals surface area contributed by atoms with Crippen LogP contribution in [0.2, 0.25) is 0 Å². The number of nitrogens with zero attached hydrogens (tertiary/aromatic N) is 2. The van der Waals surface area contributed by atoms with Gasteiger partial charge >= 0.3 is 5.97 Å². The minimum atomic E-state index is -0.736. The number of nitriles is 1. The van der Waals surface area contributed by atoms with E-state index in [0.29, 0.717) is 11.5 Å². The molecule has 0 fully saturated rings. The Balaban J connectivity index is 2.14. The molecule has 0 heterocycles. The molecule has 6 nitrogen and oxygen atoms in total. The highest BCUT2D eigenvalue weighted by molar-refractivity contribution is 6.09. The van der Waals surface area contributed by atoms with E-state index in [2.05, 4.69) is 10.6 Å². The van der Waals surface area contributed by atoms with Crippen molar-refractivity contribution in [1.82, 2.24) is 0 Å². The first-order valence-electron chi connectivity index (χ1n) is 10.2. The zero-order chi connectivity index (χ0) is 22.8. The first-order chi connectivity index (χ1) is 15.6. The van der Waals surface area contributed by atoms with Crippen LogP contribution in [0, 0.1) is 18.3 Å². The second-order valence-corrected chi connectivity index (χ2v) is 6.86. The zero-order valence-electron chi connectivity index (χ0n) is 18.0. The first-order valence-corrected chi connectivity index (χ1v) is 10.2. The summed E-state index contributed by atoms with van der Waals surface area (Å²) in [7, 11) is 0. The normalized spacial score (nSPS) is 11.7. The maximum Gasteiger partial charge on any atom is 0.352 e. The lowest BCUT2D eigenvalue weighted by Crippen LogP contribution is -2.18. The molecule has 2 N–H and O–H groups in total. The Morgan fingerprint density at radius 1 is 0.906 bits per heavy atom. The van der Waals surface area contributed by atoms with E-state index < -0.39 is 5.97 Å². The number of esters is 1. The summed E-state index contributed by atoms with van der Waals surface area (Å²) in [5.41, 5.74) is 3.20. The molecule has 0 amide bonds. The molecule has 0 atom stereocenters. The van der Waals surface area contributed by atoms with Gasteiger partial charge in [-0.05, 0) is 38.1 Å². The van der Waals surface area contributed by atoms with Gasteiger partial charge in [-0.3, -0.25) is 0 Å². The highest BCUT2D eigenvalue weighted by Gasteiger charge is 2.18. The highest BCUT2D eigenvalue weighted by atomic mass is 16.5. The van der Waals surface area contributed by atoms with Crippen molar-refractivity contribution < 1.29 is 9.53 Å². The molecule has 3 aromatic rings. The number of carbonyl (C=O) groups is 1. The third-order valence-electron chi connectivity index (χ3n) is 4.45. The number of benzene rings is 3. The molecular weight excluding hydrogens is 400 g/mol. The fourth-order valence-electron chi connectivity index (χ4n) is 2.85. The van der Waals surface area contributed by atoms with E-state index in [-0.39, 0.29) is 18.0 Å². The standard InChI is InChI=1S/C26H24N4O2/c1-3-32-26(31)23(18-27)25(29-22-12-8-5-9-13-22)30-24(20-16-14-19(2)15-17-20)28-21-10-6-4-7-11-21/h4-17,29H,3H2,1-2H3,(H,28,30). The smallest absolute Gasteiger partial charge is 0.352 e. The number of rotatable bonds is 7. The molecule has 0 aliphatic heterocycles. The molecule has 0 aromatic heterocycles. The summed E-state index contributed by atoms with van der Waals surface area (Å²) in [6, 6.07) is 28.5. The van der Waals surface area contributed by atoms with Gasteiger partial charge in [0.25, 0.3) is 0 Å². The van der Waals surface area contributed by atoms with Gasteiger partial charge in [0, 0.05) is 16.9 Å². The van der Waals surface area contributed by atoms with Gasteiger partial charge in [-0.2, -0.15) is 5.26 Å². The van der Waals surface area contributed by atoms with Crippen molar-refractivity contribution in [3.63, 3.8) is 0 Å². The van der Waals surface area contributed by atoms with Crippen molar-refractivity contribution >= 4 is 23.2 Å². The monoisotopic (exact) mass is 424 g/mol. The van der Waals surface area contributed by atoms with Gasteiger partial charge in [-0.25, -0.2) is 9.79 Å². The molecule has 0 radical (unpaired) electrons. The molecule has 0 spiro atoms. The SMILES string of the molecule is CCOC(=O)C(C#N)=C(N=C(Nc1ccccc1)c1ccc(C)cc1)Nc1ccccc1. The quantitative estimate of drug-likeness (QED) is 0.178. The van der Waals surface area contributed by atoms with Crippen molar-refractivity contribution in [2.24, 2.45) is 4.99 Å². The number of aliphatic imine (C=N–C) groups is 1. The van der Waals surface area contributed by atoms with Gasteiger partial charge < -0.3 is 15.4 Å². The molecule has 0 unspecified atom stereocenters. The fourth-order valence-corrected chi connectivity index (χ4v) is 2.85. The van der Waals surface area contributed by atoms with Crippen LogP contribution in [0.25, 0.3) is 0 Å². The van der Waals surface area contributed by atoms with Crippen LogP contribution in [-0.2, 0) is 9.53 Å². The Labute approximate surface area is 187 Å². The Bertz CT molecular complexity index is 1150. The maximum absolute atomic E-state index is 12.5. The second kappa shape index (κ2) is 11.1. The Morgan fingerprint density at radius 2 is 1.47 bits per heavy atom. The molecule has 0 bridgehead atoms. The predicted molar refractivity (Wildman–Crippen MR) is 127 cm³/mol. The molecular formula is C26H24N4O2. The molecule has 0 aliphatic rings. The number of hydrogen-bond acceptors (Lipinski definition) is 5. The van der Waals surface area contributed by atoms with Crippen LogP contribution in [0.3, 0.4) is 0 Å². The number of ether oxygens (including phenoxy) is 1. The molecule has 3 rings (SSSR count). The molecule has 6 heteroatoms. The molecule has 0 saturated heterocycles. The van der Waals surface area contributed by atoms with E-state index in [1.165, 1.54) is 0 Å². The summed E-state index contributed by atoms with van der Waals surface area (Å²) in [5, 5.41) is 16.1. The first kappa shape index (κ1) is 22.3. The number of amidine groups is 1. The van der Waals surface area contributed by atoms with Gasteiger partial charge in [0.15, 0.2) is 11.4 Å². The Morgan fingerprint density at radius 3 is 2.00 bits per heavy atom. The Kier molecular flexibility index (Phi) is 7.77. The summed E-state index contributed by atoms with van der Waals surface area (Å²) in [6.07, 6.45) is 0. The third kappa shape index (κ3) is 6.07. The minimum absolute atomic E-state index is 0.0937. The van der Waals surface area contributed by atoms with Crippen molar-refractivity contribution in [2.45, 2.75) is 13.8 Å². The summed E-state index contributed by atoms with van der Waals surface area (Å²) < 4.78 is 5.09. The zero-order valence-corrected chi connectivity index (χ0v) is 18.0. The van der Waals surface area contributed by atoms with E-state index in [1.54, 1.807) is 6.92 Å². The molecule has 0 saturated carbocycles. The molecule has 160 valence electrons. The summed E-state index contributed by atoms with van der Waals surface area (Å²) in [5.74, 6) is -0.164. The largest absolute Gasteiger partial charge is 0.462 e. The number of para-hydroxylation sites is 2. The average molecular weight is 425 g/mol. The molecule has 3 aromatic carbocycles. The van der Waals surface area contributed by atoms with Crippen LogP contribution < -0.4 is 10.6 Å². The second-order valence-electron chi connectivity index (χ2n) is 6.86. The third-order valence-corrected chi connectivity index (χ3v) is 4.45. The van der Waals surface area contributed by atoms with Crippen molar-refractivity contribution in [3.05, 3.63) is 107 Å². The summed E-state index contributed by atoms with van der Waals surface area (Å²) in [4.78, 5) is 17.2. The molecule has 32 heavy (non-hydrogen) atoms. The van der Waals surface area contributed by atoms with E-state index in [9.17, 15) is 10.1 Å². The van der Waals surface area contributed by atoms with Gasteiger partial charge in [0.2, 0.25) is 0 Å². The van der Waals surface area contributed by atoms with Crippen LogP contribution >= 0.6 is 0 Å². The van der Waals surface area contributed by atoms with Gasteiger partial charge in [-0.15, -0.1) is 0 Å². The lowest BCUT2D eigenvalue weighted by atomic mass is 10.1. The van der Waals surface area contributed by atoms with E-state index in [0.717, 1.165) is 16.8 Å². The number of carbonyl (C=O) groups excluding carboxylic acids is 1. The maximum atomic E-state index is 12.5. The van der Waals surface area contributed by atoms with Crippen LogP contribution in [0.15, 0.2) is 101 Å². The van der Waals surface area contributed by atoms with Crippen LogP contribution in [0.5, 0.6) is 0 Å². The predicted octanol–water partition coefficient (Wildman–Crippen LogP) is 5.26. The van der Waals surface area contributed by atoms with Gasteiger partial charge in [-0.1, -0.05) is 66.2 Å². The van der Waals surface area contributed by atoms with E-state index >= 15 is 0 Å². The molecule has 0 aliphatic carbocycles. The number of nitrogens with one attached hydrogen (secondary N) is 2. The topological polar surface area (TPSA) is 86.5 Å². The van der Waals surface area contributed by atoms with E-state index in [4.69, 9.17) is 9.73 Å². The van der Waals surface area contributed by atoms with Crippen LogP contribution in [0.1, 0.15) is 18.1 Å². The van der Waals surface area contributed by atoms with Crippen molar-refractivity contribution in [2.75, 3.05) is 17.2 Å². The van der Waals surface area contributed by atoms with Gasteiger partial charge in [0.1, 0.15) is 11.9 Å². The van der Waals surface area contributed by atoms with E-state index in [1.807, 2.05) is 97.9 Å². The number of anilines is 2. The Hall–Kier alpha value is -4.37. The van der Waals surface area contributed by atoms with Crippen LogP contribution in [-0.4, -0.2) is 18.4 Å².